The van der Waals surface area contributed by atoms with Gasteiger partial charge in [0.15, 0.2) is 0 Å². The molecule has 0 fully saturated rings. The van der Waals surface area contributed by atoms with Gasteiger partial charge < -0.3 is 34.5 Å². The van der Waals surface area contributed by atoms with Gasteiger partial charge in [0.2, 0.25) is 0 Å². The Morgan fingerprint density at radius 1 is 1.12 bits per heavy atom. The van der Waals surface area contributed by atoms with Crippen molar-refractivity contribution < 1.29 is 34.3 Å². The number of likely N-dealkylation sites (N-methyl/N-ethyl adjacent to an activating group) is 1. The molecule has 0 aliphatic rings. The van der Waals surface area contributed by atoms with Crippen LogP contribution in [0.5, 0.6) is 0 Å². The first kappa shape index (κ1) is 26.4. The molecule has 25 heavy (non-hydrogen) atoms. The van der Waals surface area contributed by atoms with Gasteiger partial charge in [0.25, 0.3) is 0 Å². The Balaban J connectivity index is 0. The fraction of sp³-hybridized carbons (Fsp3) is 0.632. The van der Waals surface area contributed by atoms with E-state index in [0.29, 0.717) is 12.5 Å². The number of hydrogen-bond donors (Lipinski definition) is 1. The number of ether oxygens (including phenoxy) is 1. The monoisotopic (exact) mass is 390 g/mol. The quantitative estimate of drug-likeness (QED) is 0.416. The van der Waals surface area contributed by atoms with Crippen LogP contribution >= 0.6 is 0 Å². The maximum atomic E-state index is 12.4. The smallest absolute Gasteiger partial charge is 0.327 e. The van der Waals surface area contributed by atoms with Crippen LogP contribution in [-0.2, 0) is 9.53 Å². The zero-order valence-corrected chi connectivity index (χ0v) is 17.3. The molecule has 0 radical (unpaired) electrons. The van der Waals surface area contributed by atoms with Crippen LogP contribution < -0.4 is 30.1 Å². The predicted molar refractivity (Wildman–Crippen MR) is 95.4 cm³/mol. The van der Waals surface area contributed by atoms with Crippen molar-refractivity contribution in [3.63, 3.8) is 0 Å². The minimum absolute atomic E-state index is 0. The van der Waals surface area contributed by atoms with Gasteiger partial charge in [-0.25, -0.2) is 4.79 Å². The van der Waals surface area contributed by atoms with E-state index < -0.39 is 0 Å². The first-order chi connectivity index (χ1) is 11.1. The summed E-state index contributed by atoms with van der Waals surface area (Å²) < 4.78 is 5.46. The van der Waals surface area contributed by atoms with E-state index in [9.17, 15) is 4.79 Å². The molecule has 1 unspecified atom stereocenters. The topological polar surface area (TPSA) is 41.6 Å². The summed E-state index contributed by atoms with van der Waals surface area (Å²) in [6.07, 6.45) is 0.896. The third kappa shape index (κ3) is 10.7. The first-order valence-corrected chi connectivity index (χ1v) is 8.75. The highest BCUT2D eigenvalue weighted by Crippen LogP contribution is 2.15. The van der Waals surface area contributed by atoms with Gasteiger partial charge in [-0.05, 0) is 31.0 Å². The molecule has 1 rings (SSSR count). The van der Waals surface area contributed by atoms with E-state index in [1.807, 2.05) is 30.3 Å². The Hall–Kier alpha value is -0.810. The molecule has 0 spiro atoms. The molecule has 146 valence electrons. The number of nitrogens with zero attached hydrogens (tertiary/aromatic N) is 1. The van der Waals surface area contributed by atoms with Crippen molar-refractivity contribution in [1.82, 2.24) is 10.2 Å². The maximum Gasteiger partial charge on any atom is 0.327 e. The average molecular weight is 391 g/mol. The molecule has 1 aromatic rings. The van der Waals surface area contributed by atoms with Crippen LogP contribution in [0.3, 0.4) is 0 Å². The highest BCUT2D eigenvalue weighted by molar-refractivity contribution is 5.77. The largest absolute Gasteiger partial charge is 1.00 e. The SMILES string of the molecule is CCN(CC)CCNC(C(=O)OCCC(C)C)c1ccccc1.[Cl-].[Cl-]. The molecule has 0 heterocycles. The molecule has 0 aliphatic carbocycles. The van der Waals surface area contributed by atoms with E-state index in [1.54, 1.807) is 0 Å². The maximum absolute atomic E-state index is 12.4. The number of carbonyl (C=O) groups excluding carboxylic acids is 1. The Morgan fingerprint density at radius 2 is 1.72 bits per heavy atom. The standard InChI is InChI=1S/C19H32N2O2.2ClH/c1-5-21(6-2)14-13-20-18(17-10-8-7-9-11-17)19(22)23-15-12-16(3)4;;/h7-11,16,18,20H,5-6,12-15H2,1-4H3;2*1H/p-2. The summed E-state index contributed by atoms with van der Waals surface area (Å²) in [5, 5.41) is 3.36. The summed E-state index contributed by atoms with van der Waals surface area (Å²) in [5.74, 6) is 0.352. The molecule has 1 N–H and O–H groups in total. The van der Waals surface area contributed by atoms with E-state index >= 15 is 0 Å². The van der Waals surface area contributed by atoms with Gasteiger partial charge in [-0.1, -0.05) is 58.0 Å². The molecule has 1 aromatic carbocycles. The molecular weight excluding hydrogens is 359 g/mol. The zero-order chi connectivity index (χ0) is 17.1. The fourth-order valence-electron chi connectivity index (χ4n) is 2.37. The highest BCUT2D eigenvalue weighted by Gasteiger charge is 2.21. The van der Waals surface area contributed by atoms with E-state index in [-0.39, 0.29) is 36.8 Å². The summed E-state index contributed by atoms with van der Waals surface area (Å²) in [5.41, 5.74) is 0.960. The first-order valence-electron chi connectivity index (χ1n) is 8.75. The van der Waals surface area contributed by atoms with Crippen LogP contribution in [0.1, 0.15) is 45.7 Å². The van der Waals surface area contributed by atoms with Gasteiger partial charge in [-0.2, -0.15) is 0 Å². The lowest BCUT2D eigenvalue weighted by Gasteiger charge is -2.22. The van der Waals surface area contributed by atoms with Gasteiger partial charge in [0.05, 0.1) is 6.61 Å². The summed E-state index contributed by atoms with van der Waals surface area (Å²) in [6.45, 7) is 12.8. The van der Waals surface area contributed by atoms with Crippen molar-refractivity contribution in [1.29, 1.82) is 0 Å². The van der Waals surface area contributed by atoms with Crippen molar-refractivity contribution in [3.8, 4) is 0 Å². The summed E-state index contributed by atoms with van der Waals surface area (Å²) in [7, 11) is 0. The predicted octanol–water partition coefficient (Wildman–Crippen LogP) is -2.74. The van der Waals surface area contributed by atoms with Crippen LogP contribution in [0.4, 0.5) is 0 Å². The number of nitrogens with one attached hydrogen (secondary N) is 1. The number of carbonyl (C=O) groups is 1. The second-order valence-electron chi connectivity index (χ2n) is 6.17. The van der Waals surface area contributed by atoms with Crippen LogP contribution in [-0.4, -0.2) is 43.7 Å². The van der Waals surface area contributed by atoms with Crippen LogP contribution in [0, 0.1) is 5.92 Å². The Bertz CT molecular complexity index is 440. The average Bonchev–Trinajstić information content (AvgIpc) is 2.55. The van der Waals surface area contributed by atoms with Gasteiger partial charge in [-0.3, -0.25) is 5.32 Å². The van der Waals surface area contributed by atoms with Crippen LogP contribution in [0.2, 0.25) is 0 Å². The van der Waals surface area contributed by atoms with E-state index in [0.717, 1.165) is 38.2 Å². The summed E-state index contributed by atoms with van der Waals surface area (Å²) >= 11 is 0. The van der Waals surface area contributed by atoms with Crippen molar-refractivity contribution in [2.75, 3.05) is 32.8 Å². The molecule has 6 heteroatoms. The molecule has 0 aliphatic heterocycles. The Kier molecular flexibility index (Phi) is 16.3. The van der Waals surface area contributed by atoms with Gasteiger partial charge >= 0.3 is 5.97 Å². The second kappa shape index (κ2) is 15.4. The fourth-order valence-corrected chi connectivity index (χ4v) is 2.37. The normalized spacial score (nSPS) is 11.6. The lowest BCUT2D eigenvalue weighted by molar-refractivity contribution is -0.146. The summed E-state index contributed by atoms with van der Waals surface area (Å²) in [6, 6.07) is 9.42. The summed E-state index contributed by atoms with van der Waals surface area (Å²) in [4.78, 5) is 14.8. The molecule has 0 amide bonds. The number of rotatable bonds is 11. The van der Waals surface area contributed by atoms with Crippen molar-refractivity contribution in [3.05, 3.63) is 35.9 Å². The number of halogens is 2. The minimum atomic E-state index is -0.390. The van der Waals surface area contributed by atoms with E-state index in [1.165, 1.54) is 0 Å². The van der Waals surface area contributed by atoms with Gasteiger partial charge in [0, 0.05) is 13.1 Å². The molecule has 4 nitrogen and oxygen atoms in total. The second-order valence-corrected chi connectivity index (χ2v) is 6.17. The number of benzene rings is 1. The Labute approximate surface area is 165 Å². The lowest BCUT2D eigenvalue weighted by atomic mass is 10.1. The molecule has 0 saturated carbocycles. The third-order valence-electron chi connectivity index (χ3n) is 3.98. The Morgan fingerprint density at radius 3 is 2.24 bits per heavy atom. The zero-order valence-electron chi connectivity index (χ0n) is 15.8. The van der Waals surface area contributed by atoms with Crippen molar-refractivity contribution in [2.24, 2.45) is 5.92 Å². The van der Waals surface area contributed by atoms with Gasteiger partial charge in [-0.15, -0.1) is 0 Å². The molecule has 0 aromatic heterocycles. The molecule has 0 bridgehead atoms. The van der Waals surface area contributed by atoms with E-state index in [2.05, 4.69) is 37.9 Å². The third-order valence-corrected chi connectivity index (χ3v) is 3.98. The lowest BCUT2D eigenvalue weighted by Crippen LogP contribution is -3.00. The molecular formula is C19H32Cl2N2O2-2. The molecule has 1 atom stereocenters. The molecule has 0 saturated heterocycles. The van der Waals surface area contributed by atoms with Crippen LogP contribution in [0.15, 0.2) is 30.3 Å². The number of esters is 1. The van der Waals surface area contributed by atoms with Crippen molar-refractivity contribution in [2.45, 2.75) is 40.2 Å². The number of hydrogen-bond acceptors (Lipinski definition) is 4. The van der Waals surface area contributed by atoms with Crippen molar-refractivity contribution >= 4 is 5.97 Å². The van der Waals surface area contributed by atoms with Crippen LogP contribution in [0.25, 0.3) is 0 Å². The minimum Gasteiger partial charge on any atom is -1.00 e. The van der Waals surface area contributed by atoms with Gasteiger partial charge in [0.1, 0.15) is 6.04 Å². The van der Waals surface area contributed by atoms with E-state index in [4.69, 9.17) is 4.74 Å². The highest BCUT2D eigenvalue weighted by atomic mass is 35.5.